The van der Waals surface area contributed by atoms with Gasteiger partial charge in [-0.1, -0.05) is 6.07 Å². The summed E-state index contributed by atoms with van der Waals surface area (Å²) in [5.41, 5.74) is 0.550. The molecule has 0 saturated carbocycles. The zero-order valence-electron chi connectivity index (χ0n) is 12.1. The molecule has 1 aromatic rings. The molecule has 0 aliphatic rings. The zero-order chi connectivity index (χ0) is 15.7. The van der Waals surface area contributed by atoms with Crippen molar-refractivity contribution < 1.29 is 23.8 Å². The molecule has 21 heavy (non-hydrogen) atoms. The minimum atomic E-state index is -0.488. The van der Waals surface area contributed by atoms with Crippen molar-refractivity contribution in [1.82, 2.24) is 5.32 Å². The van der Waals surface area contributed by atoms with Gasteiger partial charge in [0.15, 0.2) is 11.6 Å². The van der Waals surface area contributed by atoms with Gasteiger partial charge in [-0.15, -0.1) is 0 Å². The van der Waals surface area contributed by atoms with E-state index in [0.29, 0.717) is 18.6 Å². The number of ether oxygens (including phenoxy) is 2. The van der Waals surface area contributed by atoms with Gasteiger partial charge in [-0.3, -0.25) is 4.79 Å². The molecule has 0 radical (unpaired) electrons. The second kappa shape index (κ2) is 9.10. The third-order valence-corrected chi connectivity index (χ3v) is 2.79. The summed E-state index contributed by atoms with van der Waals surface area (Å²) in [4.78, 5) is 11.7. The molecule has 0 aromatic heterocycles. The summed E-state index contributed by atoms with van der Waals surface area (Å²) >= 11 is 0. The summed E-state index contributed by atoms with van der Waals surface area (Å²) in [5, 5.41) is 11.6. The lowest BCUT2D eigenvalue weighted by Gasteiger charge is -2.15. The van der Waals surface area contributed by atoms with E-state index in [4.69, 9.17) is 14.6 Å². The van der Waals surface area contributed by atoms with Crippen LogP contribution in [0, 0.1) is 5.82 Å². The van der Waals surface area contributed by atoms with E-state index in [-0.39, 0.29) is 24.3 Å². The fourth-order valence-electron chi connectivity index (χ4n) is 1.76. The van der Waals surface area contributed by atoms with Gasteiger partial charge in [-0.25, -0.2) is 4.39 Å². The highest BCUT2D eigenvalue weighted by molar-refractivity contribution is 5.91. The van der Waals surface area contributed by atoms with Crippen LogP contribution >= 0.6 is 0 Å². The molecule has 0 bridgehead atoms. The molecule has 2 N–H and O–H groups in total. The highest BCUT2D eigenvalue weighted by atomic mass is 19.1. The lowest BCUT2D eigenvalue weighted by Crippen LogP contribution is -2.37. The molecule has 0 heterocycles. The molecule has 0 aliphatic carbocycles. The minimum Gasteiger partial charge on any atom is -0.494 e. The monoisotopic (exact) mass is 297 g/mol. The molecule has 0 saturated heterocycles. The predicted molar refractivity (Wildman–Crippen MR) is 77.5 cm³/mol. The van der Waals surface area contributed by atoms with Crippen molar-refractivity contribution >= 4 is 12.0 Å². The van der Waals surface area contributed by atoms with Crippen LogP contribution in [-0.4, -0.2) is 44.5 Å². The molecular weight excluding hydrogens is 277 g/mol. The molecular formula is C15H20FNO4. The van der Waals surface area contributed by atoms with Gasteiger partial charge in [-0.05, 0) is 30.2 Å². The average molecular weight is 297 g/mol. The van der Waals surface area contributed by atoms with Crippen LogP contribution in [0.5, 0.6) is 5.75 Å². The fraction of sp³-hybridized carbons (Fsp3) is 0.400. The number of nitrogens with one attached hydrogen (secondary N) is 1. The van der Waals surface area contributed by atoms with E-state index >= 15 is 0 Å². The van der Waals surface area contributed by atoms with Crippen LogP contribution in [0.2, 0.25) is 0 Å². The maximum atomic E-state index is 13.5. The summed E-state index contributed by atoms with van der Waals surface area (Å²) in [6.45, 7) is 0.277. The summed E-state index contributed by atoms with van der Waals surface area (Å²) < 4.78 is 23.2. The van der Waals surface area contributed by atoms with Crippen molar-refractivity contribution in [3.05, 3.63) is 35.7 Å². The molecule has 5 nitrogen and oxygen atoms in total. The molecule has 1 unspecified atom stereocenters. The molecule has 1 amide bonds. The highest BCUT2D eigenvalue weighted by Gasteiger charge is 2.09. The molecule has 116 valence electrons. The van der Waals surface area contributed by atoms with E-state index in [0.717, 1.165) is 0 Å². The van der Waals surface area contributed by atoms with E-state index in [9.17, 15) is 9.18 Å². The van der Waals surface area contributed by atoms with Gasteiger partial charge in [0.1, 0.15) is 0 Å². The van der Waals surface area contributed by atoms with Crippen LogP contribution in [0.4, 0.5) is 4.39 Å². The Morgan fingerprint density at radius 2 is 2.24 bits per heavy atom. The van der Waals surface area contributed by atoms with E-state index in [1.165, 1.54) is 38.5 Å². The van der Waals surface area contributed by atoms with Gasteiger partial charge in [0.05, 0.1) is 19.8 Å². The second-order valence-electron chi connectivity index (χ2n) is 4.40. The third-order valence-electron chi connectivity index (χ3n) is 2.79. The lowest BCUT2D eigenvalue weighted by molar-refractivity contribution is -0.117. The quantitative estimate of drug-likeness (QED) is 0.711. The maximum absolute atomic E-state index is 13.5. The Bertz CT molecular complexity index is 485. The topological polar surface area (TPSA) is 67.8 Å². The highest BCUT2D eigenvalue weighted by Crippen LogP contribution is 2.18. The number of amides is 1. The number of methoxy groups -OCH3 is 2. The molecule has 1 atom stereocenters. The molecule has 0 spiro atoms. The van der Waals surface area contributed by atoms with Gasteiger partial charge >= 0.3 is 0 Å². The number of carbonyl (C=O) groups excluding carboxylic acids is 1. The summed E-state index contributed by atoms with van der Waals surface area (Å²) in [7, 11) is 2.91. The SMILES string of the molecule is COCC(CCO)NC(=O)/C=C/c1ccc(OC)c(F)c1. The normalized spacial score (nSPS) is 12.4. The summed E-state index contributed by atoms with van der Waals surface area (Å²) in [6.07, 6.45) is 3.21. The standard InChI is InChI=1S/C15H20FNO4/c1-20-10-12(7-8-18)17-15(19)6-4-11-3-5-14(21-2)13(16)9-11/h3-6,9,12,18H,7-8,10H2,1-2H3,(H,17,19)/b6-4+. The van der Waals surface area contributed by atoms with Crippen molar-refractivity contribution in [3.8, 4) is 5.75 Å². The van der Waals surface area contributed by atoms with E-state index in [1.54, 1.807) is 6.07 Å². The maximum Gasteiger partial charge on any atom is 0.244 e. The summed E-state index contributed by atoms with van der Waals surface area (Å²) in [6, 6.07) is 4.16. The van der Waals surface area contributed by atoms with Crippen LogP contribution in [0.15, 0.2) is 24.3 Å². The molecule has 1 rings (SSSR count). The number of aliphatic hydroxyl groups excluding tert-OH is 1. The second-order valence-corrected chi connectivity index (χ2v) is 4.40. The number of aliphatic hydroxyl groups is 1. The largest absolute Gasteiger partial charge is 0.494 e. The van der Waals surface area contributed by atoms with Crippen molar-refractivity contribution in [1.29, 1.82) is 0 Å². The fourth-order valence-corrected chi connectivity index (χ4v) is 1.76. The van der Waals surface area contributed by atoms with Crippen molar-refractivity contribution in [2.24, 2.45) is 0 Å². The van der Waals surface area contributed by atoms with Crippen LogP contribution < -0.4 is 10.1 Å². The van der Waals surface area contributed by atoms with Crippen LogP contribution in [0.25, 0.3) is 6.08 Å². The summed E-state index contributed by atoms with van der Waals surface area (Å²) in [5.74, 6) is -0.668. The first-order valence-electron chi connectivity index (χ1n) is 6.52. The number of hydrogen-bond acceptors (Lipinski definition) is 4. The number of rotatable bonds is 8. The van der Waals surface area contributed by atoms with Crippen LogP contribution in [0.3, 0.4) is 0 Å². The van der Waals surface area contributed by atoms with E-state index in [2.05, 4.69) is 5.32 Å². The minimum absolute atomic E-state index is 0.0400. The first kappa shape index (κ1) is 17.1. The first-order valence-corrected chi connectivity index (χ1v) is 6.52. The van der Waals surface area contributed by atoms with Gasteiger partial charge < -0.3 is 19.9 Å². The van der Waals surface area contributed by atoms with Gasteiger partial charge in [-0.2, -0.15) is 0 Å². The molecule has 0 fully saturated rings. The van der Waals surface area contributed by atoms with Gasteiger partial charge in [0, 0.05) is 19.8 Å². The van der Waals surface area contributed by atoms with Gasteiger partial charge in [0.2, 0.25) is 5.91 Å². The van der Waals surface area contributed by atoms with Crippen molar-refractivity contribution in [2.45, 2.75) is 12.5 Å². The Kier molecular flexibility index (Phi) is 7.42. The number of hydrogen-bond donors (Lipinski definition) is 2. The van der Waals surface area contributed by atoms with E-state index < -0.39 is 5.82 Å². The Morgan fingerprint density at radius 3 is 2.81 bits per heavy atom. The molecule has 1 aromatic carbocycles. The Labute approximate surface area is 123 Å². The van der Waals surface area contributed by atoms with Crippen LogP contribution in [-0.2, 0) is 9.53 Å². The lowest BCUT2D eigenvalue weighted by atomic mass is 10.2. The first-order chi connectivity index (χ1) is 10.1. The zero-order valence-corrected chi connectivity index (χ0v) is 12.1. The third kappa shape index (κ3) is 5.93. The van der Waals surface area contributed by atoms with Gasteiger partial charge in [0.25, 0.3) is 0 Å². The Hall–Kier alpha value is -1.92. The average Bonchev–Trinajstić information content (AvgIpc) is 2.46. The number of benzene rings is 1. The van der Waals surface area contributed by atoms with Crippen LogP contribution in [0.1, 0.15) is 12.0 Å². The number of carbonyl (C=O) groups is 1. The molecule has 0 aliphatic heterocycles. The smallest absolute Gasteiger partial charge is 0.244 e. The Morgan fingerprint density at radius 1 is 1.48 bits per heavy atom. The van der Waals surface area contributed by atoms with Crippen molar-refractivity contribution in [2.75, 3.05) is 27.4 Å². The Balaban J connectivity index is 2.62. The van der Waals surface area contributed by atoms with Crippen molar-refractivity contribution in [3.63, 3.8) is 0 Å². The predicted octanol–water partition coefficient (Wildman–Crippen LogP) is 1.36. The number of halogens is 1. The molecule has 6 heteroatoms. The van der Waals surface area contributed by atoms with E-state index in [1.807, 2.05) is 0 Å².